The van der Waals surface area contributed by atoms with E-state index in [2.05, 4.69) is 4.99 Å². The number of nitrogens with zero attached hydrogens (tertiary/aromatic N) is 1. The van der Waals surface area contributed by atoms with Crippen LogP contribution in [-0.2, 0) is 19.9 Å². The second kappa shape index (κ2) is 6.31. The molecule has 1 aliphatic heterocycles. The van der Waals surface area contributed by atoms with Gasteiger partial charge >= 0.3 is 24.3 Å². The summed E-state index contributed by atoms with van der Waals surface area (Å²) in [5.74, 6) is -11.8. The monoisotopic (exact) mass is 420 g/mol. The number of rotatable bonds is 3. The summed E-state index contributed by atoms with van der Waals surface area (Å²) in [6, 6.07) is 2.94. The van der Waals surface area contributed by atoms with Gasteiger partial charge < -0.3 is 5.32 Å². The first kappa shape index (κ1) is 21.4. The van der Waals surface area contributed by atoms with Crippen molar-refractivity contribution in [2.75, 3.05) is 5.32 Å². The van der Waals surface area contributed by atoms with Crippen LogP contribution in [0.2, 0.25) is 0 Å². The average Bonchev–Trinajstić information content (AvgIpc) is 2.56. The quantitative estimate of drug-likeness (QED) is 0.603. The molecule has 5 nitrogen and oxygen atoms in total. The van der Waals surface area contributed by atoms with Gasteiger partial charge in [0.2, 0.25) is 5.54 Å². The minimum atomic E-state index is -6.11. The third kappa shape index (κ3) is 3.45. The van der Waals surface area contributed by atoms with E-state index in [0.29, 0.717) is 12.1 Å². The topological polar surface area (TPSA) is 75.6 Å². The van der Waals surface area contributed by atoms with Gasteiger partial charge in [-0.2, -0.15) is 39.5 Å². The van der Waals surface area contributed by atoms with E-state index in [9.17, 15) is 53.9 Å². The number of para-hydroxylation sites is 1. The summed E-state index contributed by atoms with van der Waals surface area (Å²) < 4.78 is 116. The summed E-state index contributed by atoms with van der Waals surface area (Å²) in [5.41, 5.74) is -6.74. The third-order valence-electron chi connectivity index (χ3n) is 3.49. The minimum Gasteiger partial charge on any atom is -0.337 e. The van der Waals surface area contributed by atoms with Gasteiger partial charge in [-0.3, -0.25) is 14.4 Å². The van der Waals surface area contributed by atoms with Crippen molar-refractivity contribution in [3.05, 3.63) is 29.8 Å². The highest BCUT2D eigenvalue weighted by Crippen LogP contribution is 2.45. The number of ketones is 3. The van der Waals surface area contributed by atoms with Crippen molar-refractivity contribution in [2.45, 2.75) is 24.1 Å². The van der Waals surface area contributed by atoms with Crippen LogP contribution in [0.4, 0.5) is 45.2 Å². The van der Waals surface area contributed by atoms with Crippen LogP contribution in [0.3, 0.4) is 0 Å². The van der Waals surface area contributed by atoms with Crippen LogP contribution in [0, 0.1) is 0 Å². The lowest BCUT2D eigenvalue weighted by molar-refractivity contribution is -0.192. The summed E-state index contributed by atoms with van der Waals surface area (Å²) in [5, 5.41) is 1.61. The molecule has 0 fully saturated rings. The fourth-order valence-electron chi connectivity index (χ4n) is 2.39. The fourth-order valence-corrected chi connectivity index (χ4v) is 2.39. The zero-order chi connectivity index (χ0) is 21.7. The summed E-state index contributed by atoms with van der Waals surface area (Å²) >= 11 is 0. The van der Waals surface area contributed by atoms with Crippen LogP contribution in [-0.4, -0.2) is 41.7 Å². The molecule has 0 bridgehead atoms. The van der Waals surface area contributed by atoms with E-state index in [4.69, 9.17) is 0 Å². The Kier molecular flexibility index (Phi) is 4.81. The van der Waals surface area contributed by atoms with E-state index in [1.165, 1.54) is 0 Å². The number of alkyl halides is 9. The Morgan fingerprint density at radius 1 is 0.786 bits per heavy atom. The molecule has 1 aromatic rings. The summed E-state index contributed by atoms with van der Waals surface area (Å²) in [4.78, 5) is 37.5. The Labute approximate surface area is 148 Å². The van der Waals surface area contributed by atoms with Gasteiger partial charge in [-0.1, -0.05) is 18.2 Å². The van der Waals surface area contributed by atoms with Gasteiger partial charge in [0.05, 0.1) is 0 Å². The first-order chi connectivity index (χ1) is 12.5. The molecule has 0 saturated heterocycles. The van der Waals surface area contributed by atoms with E-state index in [1.807, 2.05) is 0 Å². The molecule has 14 heteroatoms. The number of halogens is 9. The van der Waals surface area contributed by atoms with Crippen LogP contribution in [0.25, 0.3) is 0 Å². The first-order valence-corrected chi connectivity index (χ1v) is 6.84. The Bertz CT molecular complexity index is 855. The van der Waals surface area contributed by atoms with Crippen molar-refractivity contribution in [3.63, 3.8) is 0 Å². The van der Waals surface area contributed by atoms with Crippen LogP contribution >= 0.6 is 0 Å². The molecule has 1 aromatic carbocycles. The number of Topliss-reactive ketones (excluding diaryl/α,β-unsaturated/α-hetero) is 3. The molecular weight excluding hydrogens is 415 g/mol. The van der Waals surface area contributed by atoms with Gasteiger partial charge in [0, 0.05) is 11.3 Å². The highest BCUT2D eigenvalue weighted by molar-refractivity contribution is 6.46. The Hall–Kier alpha value is -2.93. The third-order valence-corrected chi connectivity index (χ3v) is 3.49. The summed E-state index contributed by atoms with van der Waals surface area (Å²) in [7, 11) is 0. The molecule has 0 amide bonds. The van der Waals surface area contributed by atoms with Crippen molar-refractivity contribution in [3.8, 4) is 0 Å². The maximum absolute atomic E-state index is 13.0. The standard InChI is InChI=1S/C14H5F9N2O3/c15-12(16,17)7(26)8-24-6-4-2-1-3-5(6)11(25-8,9(27)13(18,19)20)10(28)14(21,22)23/h1-4H,(H,24,25). The second-order valence-corrected chi connectivity index (χ2v) is 5.32. The van der Waals surface area contributed by atoms with E-state index in [0.717, 1.165) is 12.1 Å². The Balaban J connectivity index is 2.94. The van der Waals surface area contributed by atoms with Gasteiger partial charge in [-0.25, -0.2) is 4.99 Å². The van der Waals surface area contributed by atoms with Gasteiger partial charge in [0.1, 0.15) is 0 Å². The molecule has 1 aliphatic rings. The minimum absolute atomic E-state index is 0.466. The largest absolute Gasteiger partial charge is 0.458 e. The molecule has 0 atom stereocenters. The van der Waals surface area contributed by atoms with Crippen LogP contribution in [0.5, 0.6) is 0 Å². The van der Waals surface area contributed by atoms with Crippen LogP contribution in [0.15, 0.2) is 29.3 Å². The van der Waals surface area contributed by atoms with Crippen molar-refractivity contribution in [1.82, 2.24) is 0 Å². The van der Waals surface area contributed by atoms with Crippen molar-refractivity contribution >= 4 is 28.9 Å². The van der Waals surface area contributed by atoms with E-state index in [1.54, 1.807) is 5.32 Å². The zero-order valence-corrected chi connectivity index (χ0v) is 12.9. The molecule has 0 spiro atoms. The van der Waals surface area contributed by atoms with Crippen molar-refractivity contribution < 1.29 is 53.9 Å². The number of anilines is 1. The number of fused-ring (bicyclic) bond motifs is 1. The normalized spacial score (nSPS) is 16.5. The predicted molar refractivity (Wildman–Crippen MR) is 72.4 cm³/mol. The summed E-state index contributed by atoms with van der Waals surface area (Å²) in [6.07, 6.45) is -18.0. The van der Waals surface area contributed by atoms with Crippen LogP contribution < -0.4 is 5.32 Å². The lowest BCUT2D eigenvalue weighted by Crippen LogP contribution is -2.57. The average molecular weight is 420 g/mol. The molecule has 1 heterocycles. The van der Waals surface area contributed by atoms with Crippen molar-refractivity contribution in [2.24, 2.45) is 4.99 Å². The predicted octanol–water partition coefficient (Wildman–Crippen LogP) is 3.10. The molecule has 152 valence electrons. The second-order valence-electron chi connectivity index (χ2n) is 5.32. The number of amidine groups is 1. The molecule has 0 aliphatic carbocycles. The number of nitrogens with one attached hydrogen (secondary N) is 1. The number of carbonyl (C=O) groups excluding carboxylic acids is 3. The van der Waals surface area contributed by atoms with E-state index < -0.39 is 58.5 Å². The highest BCUT2D eigenvalue weighted by atomic mass is 19.4. The molecule has 0 aromatic heterocycles. The number of hydrogen-bond acceptors (Lipinski definition) is 5. The Morgan fingerprint density at radius 2 is 1.25 bits per heavy atom. The molecule has 0 radical (unpaired) electrons. The van der Waals surface area contributed by atoms with Crippen LogP contribution in [0.1, 0.15) is 5.56 Å². The number of carbonyl (C=O) groups is 3. The lowest BCUT2D eigenvalue weighted by atomic mass is 9.79. The zero-order valence-electron chi connectivity index (χ0n) is 12.9. The molecular formula is C14H5F9N2O3. The number of benzene rings is 1. The first-order valence-electron chi connectivity index (χ1n) is 6.84. The Morgan fingerprint density at radius 3 is 1.68 bits per heavy atom. The van der Waals surface area contributed by atoms with E-state index >= 15 is 0 Å². The summed E-state index contributed by atoms with van der Waals surface area (Å²) in [6.45, 7) is 0. The molecule has 2 rings (SSSR count). The molecule has 28 heavy (non-hydrogen) atoms. The van der Waals surface area contributed by atoms with E-state index in [-0.39, 0.29) is 0 Å². The fraction of sp³-hybridized carbons (Fsp3) is 0.286. The van der Waals surface area contributed by atoms with Gasteiger partial charge in [0.15, 0.2) is 5.84 Å². The maximum atomic E-state index is 13.0. The van der Waals surface area contributed by atoms with Gasteiger partial charge in [-0.05, 0) is 6.07 Å². The highest BCUT2D eigenvalue weighted by Gasteiger charge is 2.67. The van der Waals surface area contributed by atoms with Gasteiger partial charge in [0.25, 0.3) is 11.6 Å². The lowest BCUT2D eigenvalue weighted by Gasteiger charge is -2.34. The molecule has 0 saturated carbocycles. The number of hydrogen-bond donors (Lipinski definition) is 1. The number of aliphatic imine (C=N–C) groups is 1. The van der Waals surface area contributed by atoms with Crippen molar-refractivity contribution in [1.29, 1.82) is 0 Å². The smallest absolute Gasteiger partial charge is 0.337 e. The maximum Gasteiger partial charge on any atom is 0.458 e. The van der Waals surface area contributed by atoms with Gasteiger partial charge in [-0.15, -0.1) is 0 Å². The SMILES string of the molecule is O=C(C1=NC(C(=O)C(F)(F)F)(C(=O)C(F)(F)F)c2ccccc2N1)C(F)(F)F. The molecule has 1 N–H and O–H groups in total. The molecule has 0 unspecified atom stereocenters.